The molecule has 0 N–H and O–H groups in total. The van der Waals surface area contributed by atoms with Crippen molar-refractivity contribution in [2.24, 2.45) is 5.92 Å². The summed E-state index contributed by atoms with van der Waals surface area (Å²) in [6.45, 7) is 4.48. The molecule has 1 aliphatic heterocycles. The molecule has 27 heavy (non-hydrogen) atoms. The molecule has 4 nitrogen and oxygen atoms in total. The van der Waals surface area contributed by atoms with Crippen molar-refractivity contribution >= 4 is 5.78 Å². The highest BCUT2D eigenvalue weighted by molar-refractivity contribution is 6.00. The Balaban J connectivity index is 1.75. The maximum absolute atomic E-state index is 12.7. The summed E-state index contributed by atoms with van der Waals surface area (Å²) in [5.41, 5.74) is 6.30. The molecule has 2 aliphatic rings. The van der Waals surface area contributed by atoms with E-state index in [-0.39, 0.29) is 12.6 Å². The second-order valence-corrected chi connectivity index (χ2v) is 7.57. The summed E-state index contributed by atoms with van der Waals surface area (Å²) < 4.78 is 13.3. The van der Waals surface area contributed by atoms with Crippen molar-refractivity contribution in [3.63, 3.8) is 0 Å². The molecule has 0 spiro atoms. The Kier molecular flexibility index (Phi) is 3.61. The Labute approximate surface area is 158 Å². The maximum atomic E-state index is 12.7. The van der Waals surface area contributed by atoms with Gasteiger partial charge in [0.05, 0.1) is 5.69 Å². The summed E-state index contributed by atoms with van der Waals surface area (Å²) in [5, 5.41) is 0. The predicted octanol–water partition coefficient (Wildman–Crippen LogP) is 4.95. The van der Waals surface area contributed by atoms with Crippen molar-refractivity contribution in [3.05, 3.63) is 65.4 Å². The molecule has 0 saturated carbocycles. The molecule has 4 heteroatoms. The summed E-state index contributed by atoms with van der Waals surface area (Å²) >= 11 is 0. The highest BCUT2D eigenvalue weighted by Crippen LogP contribution is 2.39. The number of hydrogen-bond acceptors (Lipinski definition) is 3. The number of hydrogen-bond donors (Lipinski definition) is 0. The largest absolute Gasteiger partial charge is 0.454 e. The fourth-order valence-corrected chi connectivity index (χ4v) is 4.08. The second kappa shape index (κ2) is 6.02. The number of ketones is 1. The molecule has 2 aromatic carbocycles. The van der Waals surface area contributed by atoms with Crippen LogP contribution in [0.1, 0.15) is 35.0 Å². The second-order valence-electron chi connectivity index (χ2n) is 7.57. The average molecular weight is 359 g/mol. The highest BCUT2D eigenvalue weighted by Gasteiger charge is 2.29. The topological polar surface area (TPSA) is 40.5 Å². The van der Waals surface area contributed by atoms with Gasteiger partial charge in [0.25, 0.3) is 0 Å². The maximum Gasteiger partial charge on any atom is 0.231 e. The summed E-state index contributed by atoms with van der Waals surface area (Å²) in [4.78, 5) is 12.7. The minimum Gasteiger partial charge on any atom is -0.454 e. The van der Waals surface area contributed by atoms with E-state index >= 15 is 0 Å². The lowest BCUT2D eigenvalue weighted by Gasteiger charge is -2.21. The Bertz CT molecular complexity index is 1050. The van der Waals surface area contributed by atoms with Gasteiger partial charge in [-0.2, -0.15) is 0 Å². The minimum atomic E-state index is 0.233. The molecule has 0 radical (unpaired) electrons. The Morgan fingerprint density at radius 2 is 1.74 bits per heavy atom. The number of carbonyl (C=O) groups excluding carboxylic acids is 1. The number of carbonyl (C=O) groups is 1. The first-order chi connectivity index (χ1) is 13.1. The van der Waals surface area contributed by atoms with E-state index in [1.54, 1.807) is 0 Å². The third kappa shape index (κ3) is 2.64. The van der Waals surface area contributed by atoms with Gasteiger partial charge in [-0.05, 0) is 43.0 Å². The van der Waals surface area contributed by atoms with Gasteiger partial charge < -0.3 is 14.0 Å². The Morgan fingerprint density at radius 1 is 0.963 bits per heavy atom. The summed E-state index contributed by atoms with van der Waals surface area (Å²) in [7, 11) is 0. The molecule has 0 fully saturated rings. The van der Waals surface area contributed by atoms with Crippen LogP contribution in [0.3, 0.4) is 0 Å². The standard InChI is InChI=1S/C23H21NO3/c1-14-3-5-16(6-4-14)19-12-18-20(9-15(2)10-21(18)25)24(19)17-7-8-22-23(11-17)27-13-26-22/h3-8,11-12,15H,9-10,13H2,1-2H3. The molecular weight excluding hydrogens is 338 g/mol. The van der Waals surface area contributed by atoms with Crippen LogP contribution < -0.4 is 9.47 Å². The van der Waals surface area contributed by atoms with Gasteiger partial charge >= 0.3 is 0 Å². The molecule has 1 aromatic heterocycles. The fraction of sp³-hybridized carbons (Fsp3) is 0.261. The molecule has 5 rings (SSSR count). The van der Waals surface area contributed by atoms with Gasteiger partial charge in [0.1, 0.15) is 0 Å². The molecule has 3 aromatic rings. The van der Waals surface area contributed by atoms with E-state index in [4.69, 9.17) is 9.47 Å². The molecule has 1 unspecified atom stereocenters. The first kappa shape index (κ1) is 16.2. The van der Waals surface area contributed by atoms with Crippen molar-refractivity contribution in [1.29, 1.82) is 0 Å². The number of fused-ring (bicyclic) bond motifs is 2. The quantitative estimate of drug-likeness (QED) is 0.650. The van der Waals surface area contributed by atoms with Crippen molar-refractivity contribution in [2.75, 3.05) is 6.79 Å². The molecule has 136 valence electrons. The number of rotatable bonds is 2. The highest BCUT2D eigenvalue weighted by atomic mass is 16.7. The number of ether oxygens (including phenoxy) is 2. The van der Waals surface area contributed by atoms with Gasteiger partial charge in [0.15, 0.2) is 17.3 Å². The summed E-state index contributed by atoms with van der Waals surface area (Å²) in [5.74, 6) is 2.09. The predicted molar refractivity (Wildman–Crippen MR) is 104 cm³/mol. The summed E-state index contributed by atoms with van der Waals surface area (Å²) in [6, 6.07) is 16.5. The molecule has 1 aliphatic carbocycles. The van der Waals surface area contributed by atoms with Crippen molar-refractivity contribution in [1.82, 2.24) is 4.57 Å². The zero-order chi connectivity index (χ0) is 18.5. The zero-order valence-corrected chi connectivity index (χ0v) is 15.5. The first-order valence-electron chi connectivity index (χ1n) is 9.35. The Hall–Kier alpha value is -3.01. The van der Waals surface area contributed by atoms with E-state index in [0.717, 1.165) is 46.1 Å². The van der Waals surface area contributed by atoms with Gasteiger partial charge in [-0.3, -0.25) is 4.79 Å². The van der Waals surface area contributed by atoms with Crippen LogP contribution in [0.4, 0.5) is 0 Å². The summed E-state index contributed by atoms with van der Waals surface area (Å²) in [6.07, 6.45) is 1.51. The lowest BCUT2D eigenvalue weighted by molar-refractivity contribution is 0.0952. The molecule has 0 saturated heterocycles. The third-order valence-electron chi connectivity index (χ3n) is 5.44. The van der Waals surface area contributed by atoms with Gasteiger partial charge in [-0.25, -0.2) is 0 Å². The number of aryl methyl sites for hydroxylation is 1. The van der Waals surface area contributed by atoms with Crippen LogP contribution in [-0.4, -0.2) is 17.1 Å². The Morgan fingerprint density at radius 3 is 2.56 bits per heavy atom. The van der Waals surface area contributed by atoms with E-state index in [0.29, 0.717) is 12.3 Å². The minimum absolute atomic E-state index is 0.233. The van der Waals surface area contributed by atoms with Crippen LogP contribution in [0.25, 0.3) is 16.9 Å². The van der Waals surface area contributed by atoms with Crippen LogP contribution in [0, 0.1) is 12.8 Å². The van der Waals surface area contributed by atoms with Gasteiger partial charge in [0, 0.05) is 29.4 Å². The van der Waals surface area contributed by atoms with Crippen LogP contribution >= 0.6 is 0 Å². The van der Waals surface area contributed by atoms with Gasteiger partial charge in [0.2, 0.25) is 6.79 Å². The van der Waals surface area contributed by atoms with Gasteiger partial charge in [-0.15, -0.1) is 0 Å². The van der Waals surface area contributed by atoms with E-state index < -0.39 is 0 Å². The van der Waals surface area contributed by atoms with Crippen molar-refractivity contribution in [3.8, 4) is 28.4 Å². The van der Waals surface area contributed by atoms with E-state index in [1.165, 1.54) is 5.56 Å². The molecular formula is C23H21NO3. The van der Waals surface area contributed by atoms with Crippen LogP contribution in [0.5, 0.6) is 11.5 Å². The first-order valence-corrected chi connectivity index (χ1v) is 9.35. The monoisotopic (exact) mass is 359 g/mol. The van der Waals surface area contributed by atoms with Crippen LogP contribution in [-0.2, 0) is 6.42 Å². The number of aromatic nitrogens is 1. The van der Waals surface area contributed by atoms with E-state index in [1.807, 2.05) is 18.2 Å². The lowest BCUT2D eigenvalue weighted by atomic mass is 9.88. The molecule has 2 heterocycles. The van der Waals surface area contributed by atoms with E-state index in [2.05, 4.69) is 48.7 Å². The third-order valence-corrected chi connectivity index (χ3v) is 5.44. The number of nitrogens with zero attached hydrogens (tertiary/aromatic N) is 1. The number of Topliss-reactive ketones (excluding diaryl/α,β-unsaturated/α-hetero) is 1. The van der Waals surface area contributed by atoms with Crippen molar-refractivity contribution in [2.45, 2.75) is 26.7 Å². The van der Waals surface area contributed by atoms with Gasteiger partial charge in [-0.1, -0.05) is 36.8 Å². The van der Waals surface area contributed by atoms with E-state index in [9.17, 15) is 4.79 Å². The van der Waals surface area contributed by atoms with Crippen molar-refractivity contribution < 1.29 is 14.3 Å². The fourth-order valence-electron chi connectivity index (χ4n) is 4.08. The van der Waals surface area contributed by atoms with Crippen LogP contribution in [0.2, 0.25) is 0 Å². The smallest absolute Gasteiger partial charge is 0.231 e. The molecule has 0 bridgehead atoms. The normalized spacial score (nSPS) is 17.9. The SMILES string of the molecule is Cc1ccc(-c2cc3c(n2-c2ccc4c(c2)OCO4)CC(C)CC3=O)cc1. The molecule has 1 atom stereocenters. The van der Waals surface area contributed by atoms with Crippen LogP contribution in [0.15, 0.2) is 48.5 Å². The zero-order valence-electron chi connectivity index (χ0n) is 15.5. The molecule has 0 amide bonds. The average Bonchev–Trinajstić information content (AvgIpc) is 3.26. The lowest BCUT2D eigenvalue weighted by Crippen LogP contribution is -2.19. The number of benzene rings is 2.